The summed E-state index contributed by atoms with van der Waals surface area (Å²) >= 11 is 0. The summed E-state index contributed by atoms with van der Waals surface area (Å²) in [5, 5.41) is 0. The fourth-order valence-corrected chi connectivity index (χ4v) is 3.46. The van der Waals surface area contributed by atoms with Crippen molar-refractivity contribution in [2.24, 2.45) is 23.5 Å². The van der Waals surface area contributed by atoms with Gasteiger partial charge in [0.15, 0.2) is 0 Å². The molecule has 112 valence electrons. The van der Waals surface area contributed by atoms with E-state index in [1.807, 2.05) is 18.2 Å². The van der Waals surface area contributed by atoms with Crippen LogP contribution in [0.25, 0.3) is 0 Å². The number of rotatable bonds is 5. The SMILES string of the molecule is NC(=O)CN(Cc1ccccc1N)C(=O)C1CC2CC2C1. The molecule has 0 saturated heterocycles. The minimum atomic E-state index is -0.485. The van der Waals surface area contributed by atoms with Gasteiger partial charge in [-0.25, -0.2) is 0 Å². The molecule has 2 aliphatic carbocycles. The van der Waals surface area contributed by atoms with Gasteiger partial charge >= 0.3 is 0 Å². The van der Waals surface area contributed by atoms with Crippen LogP contribution in [0.2, 0.25) is 0 Å². The average molecular weight is 287 g/mol. The topological polar surface area (TPSA) is 89.4 Å². The number of hydrogen-bond acceptors (Lipinski definition) is 3. The van der Waals surface area contributed by atoms with Crippen molar-refractivity contribution in [1.29, 1.82) is 0 Å². The van der Waals surface area contributed by atoms with Gasteiger partial charge in [-0.05, 0) is 42.7 Å². The molecule has 2 saturated carbocycles. The Labute approximate surface area is 124 Å². The molecule has 21 heavy (non-hydrogen) atoms. The highest BCUT2D eigenvalue weighted by Gasteiger charge is 2.48. The molecule has 0 heterocycles. The maximum atomic E-state index is 12.6. The quantitative estimate of drug-likeness (QED) is 0.795. The highest BCUT2D eigenvalue weighted by atomic mass is 16.2. The largest absolute Gasteiger partial charge is 0.398 e. The first-order valence-electron chi connectivity index (χ1n) is 7.45. The Balaban J connectivity index is 1.72. The van der Waals surface area contributed by atoms with Crippen molar-refractivity contribution in [3.8, 4) is 0 Å². The molecule has 2 aliphatic rings. The molecule has 0 aromatic heterocycles. The summed E-state index contributed by atoms with van der Waals surface area (Å²) in [6.45, 7) is 0.305. The summed E-state index contributed by atoms with van der Waals surface area (Å²) in [5.41, 5.74) is 12.7. The number of nitrogen functional groups attached to an aromatic ring is 1. The van der Waals surface area contributed by atoms with Crippen LogP contribution in [0.15, 0.2) is 24.3 Å². The van der Waals surface area contributed by atoms with Gasteiger partial charge < -0.3 is 16.4 Å². The Hall–Kier alpha value is -2.04. The number of benzene rings is 1. The number of para-hydroxylation sites is 1. The third kappa shape index (κ3) is 3.01. The highest BCUT2D eigenvalue weighted by molar-refractivity contribution is 5.85. The van der Waals surface area contributed by atoms with E-state index in [0.717, 1.165) is 30.2 Å². The van der Waals surface area contributed by atoms with Crippen molar-refractivity contribution in [2.45, 2.75) is 25.8 Å². The molecule has 0 bridgehead atoms. The predicted octanol–water partition coefficient (Wildman–Crippen LogP) is 1.13. The summed E-state index contributed by atoms with van der Waals surface area (Å²) < 4.78 is 0. The number of carbonyl (C=O) groups excluding carboxylic acids is 2. The van der Waals surface area contributed by atoms with Crippen LogP contribution >= 0.6 is 0 Å². The van der Waals surface area contributed by atoms with Crippen molar-refractivity contribution < 1.29 is 9.59 Å². The molecule has 5 heteroatoms. The summed E-state index contributed by atoms with van der Waals surface area (Å²) in [6.07, 6.45) is 3.19. The average Bonchev–Trinajstić information content (AvgIpc) is 3.05. The zero-order chi connectivity index (χ0) is 15.0. The lowest BCUT2D eigenvalue weighted by molar-refractivity contribution is -0.139. The second-order valence-corrected chi connectivity index (χ2v) is 6.28. The van der Waals surface area contributed by atoms with Crippen LogP contribution in [0.1, 0.15) is 24.8 Å². The first-order valence-corrected chi connectivity index (χ1v) is 7.45. The monoisotopic (exact) mass is 287 g/mol. The second kappa shape index (κ2) is 5.39. The van der Waals surface area contributed by atoms with Gasteiger partial charge in [0, 0.05) is 18.2 Å². The fourth-order valence-electron chi connectivity index (χ4n) is 3.46. The van der Waals surface area contributed by atoms with E-state index in [1.165, 1.54) is 6.42 Å². The fraction of sp³-hybridized carbons (Fsp3) is 0.500. The van der Waals surface area contributed by atoms with Crippen LogP contribution in [0.3, 0.4) is 0 Å². The number of amides is 2. The van der Waals surface area contributed by atoms with E-state index in [1.54, 1.807) is 11.0 Å². The molecule has 2 fully saturated rings. The Kier molecular flexibility index (Phi) is 3.57. The standard InChI is InChI=1S/C16H21N3O2/c17-14-4-2-1-3-10(14)8-19(9-15(18)20)16(21)13-6-11-5-12(11)7-13/h1-4,11-13H,5-9,17H2,(H2,18,20). The zero-order valence-corrected chi connectivity index (χ0v) is 12.0. The van der Waals surface area contributed by atoms with Gasteiger partial charge in [0.1, 0.15) is 0 Å². The van der Waals surface area contributed by atoms with Crippen molar-refractivity contribution in [2.75, 3.05) is 12.3 Å². The van der Waals surface area contributed by atoms with Gasteiger partial charge in [-0.1, -0.05) is 18.2 Å². The third-order valence-corrected chi connectivity index (χ3v) is 4.67. The van der Waals surface area contributed by atoms with Crippen molar-refractivity contribution in [1.82, 2.24) is 4.90 Å². The van der Waals surface area contributed by atoms with Gasteiger partial charge in [-0.2, -0.15) is 0 Å². The van der Waals surface area contributed by atoms with Crippen molar-refractivity contribution in [3.05, 3.63) is 29.8 Å². The highest BCUT2D eigenvalue weighted by Crippen LogP contribution is 2.54. The number of nitrogens with zero attached hydrogens (tertiary/aromatic N) is 1. The van der Waals surface area contributed by atoms with E-state index in [4.69, 9.17) is 11.5 Å². The van der Waals surface area contributed by atoms with Gasteiger partial charge in [0.25, 0.3) is 0 Å². The van der Waals surface area contributed by atoms with E-state index in [-0.39, 0.29) is 18.4 Å². The number of primary amides is 1. The number of carbonyl (C=O) groups is 2. The smallest absolute Gasteiger partial charge is 0.237 e. The van der Waals surface area contributed by atoms with Crippen molar-refractivity contribution >= 4 is 17.5 Å². The molecule has 0 aliphatic heterocycles. The lowest BCUT2D eigenvalue weighted by Crippen LogP contribution is -2.41. The molecule has 2 amide bonds. The molecular weight excluding hydrogens is 266 g/mol. The second-order valence-electron chi connectivity index (χ2n) is 6.28. The Morgan fingerprint density at radius 3 is 2.43 bits per heavy atom. The summed E-state index contributed by atoms with van der Waals surface area (Å²) in [7, 11) is 0. The van der Waals surface area contributed by atoms with Gasteiger partial charge in [0.05, 0.1) is 6.54 Å². The number of nitrogens with two attached hydrogens (primary N) is 2. The molecule has 1 aromatic rings. The molecular formula is C16H21N3O2. The maximum Gasteiger partial charge on any atom is 0.237 e. The molecule has 5 nitrogen and oxygen atoms in total. The van der Waals surface area contributed by atoms with E-state index in [0.29, 0.717) is 12.2 Å². The minimum Gasteiger partial charge on any atom is -0.398 e. The lowest BCUT2D eigenvalue weighted by Gasteiger charge is -2.25. The van der Waals surface area contributed by atoms with E-state index in [2.05, 4.69) is 0 Å². The Morgan fingerprint density at radius 2 is 1.81 bits per heavy atom. The van der Waals surface area contributed by atoms with Crippen LogP contribution in [0.4, 0.5) is 5.69 Å². The number of hydrogen-bond donors (Lipinski definition) is 2. The van der Waals surface area contributed by atoms with Crippen LogP contribution in [0, 0.1) is 17.8 Å². The maximum absolute atomic E-state index is 12.6. The molecule has 0 spiro atoms. The summed E-state index contributed by atoms with van der Waals surface area (Å²) in [5.74, 6) is 1.08. The molecule has 2 atom stereocenters. The first-order chi connectivity index (χ1) is 10.0. The van der Waals surface area contributed by atoms with E-state index in [9.17, 15) is 9.59 Å². The van der Waals surface area contributed by atoms with Crippen LogP contribution in [-0.4, -0.2) is 23.3 Å². The Bertz CT molecular complexity index is 562. The minimum absolute atomic E-state index is 0.0427. The molecule has 1 aromatic carbocycles. The van der Waals surface area contributed by atoms with Crippen molar-refractivity contribution in [3.63, 3.8) is 0 Å². The van der Waals surface area contributed by atoms with E-state index >= 15 is 0 Å². The molecule has 0 radical (unpaired) electrons. The predicted molar refractivity (Wildman–Crippen MR) is 79.8 cm³/mol. The van der Waals surface area contributed by atoms with Gasteiger partial charge in [-0.15, -0.1) is 0 Å². The van der Waals surface area contributed by atoms with Crippen LogP contribution < -0.4 is 11.5 Å². The summed E-state index contributed by atoms with van der Waals surface area (Å²) in [4.78, 5) is 25.5. The van der Waals surface area contributed by atoms with Gasteiger partial charge in [0.2, 0.25) is 11.8 Å². The number of fused-ring (bicyclic) bond motifs is 1. The normalized spacial score (nSPS) is 26.2. The Morgan fingerprint density at radius 1 is 1.14 bits per heavy atom. The van der Waals surface area contributed by atoms with Gasteiger partial charge in [-0.3, -0.25) is 9.59 Å². The third-order valence-electron chi connectivity index (χ3n) is 4.67. The lowest BCUT2D eigenvalue weighted by atomic mass is 10.0. The molecule has 4 N–H and O–H groups in total. The zero-order valence-electron chi connectivity index (χ0n) is 12.0. The summed E-state index contributed by atoms with van der Waals surface area (Å²) in [6, 6.07) is 7.41. The molecule has 2 unspecified atom stereocenters. The van der Waals surface area contributed by atoms with Crippen LogP contribution in [0.5, 0.6) is 0 Å². The van der Waals surface area contributed by atoms with E-state index < -0.39 is 5.91 Å². The molecule has 3 rings (SSSR count). The van der Waals surface area contributed by atoms with Crippen LogP contribution in [-0.2, 0) is 16.1 Å². The number of anilines is 1. The first kappa shape index (κ1) is 13.9.